The van der Waals surface area contributed by atoms with E-state index in [2.05, 4.69) is 20.9 Å². The van der Waals surface area contributed by atoms with Gasteiger partial charge in [0.2, 0.25) is 0 Å². The lowest BCUT2D eigenvalue weighted by atomic mass is 10.1. The number of hydrogen-bond acceptors (Lipinski definition) is 8. The zero-order chi connectivity index (χ0) is 25.8. The molecule has 1 aromatic heterocycles. The number of anilines is 1. The number of piperazine rings is 1. The fourth-order valence-electron chi connectivity index (χ4n) is 3.89. The first-order valence-corrected chi connectivity index (χ1v) is 11.9. The quantitative estimate of drug-likeness (QED) is 0.502. The van der Waals surface area contributed by atoms with Crippen LogP contribution in [0.5, 0.6) is 5.75 Å². The second-order valence-electron chi connectivity index (χ2n) is 7.96. The van der Waals surface area contributed by atoms with Gasteiger partial charge in [0, 0.05) is 37.4 Å². The highest BCUT2D eigenvalue weighted by Crippen LogP contribution is 2.28. The minimum absolute atomic E-state index is 0.0563. The van der Waals surface area contributed by atoms with Crippen LogP contribution in [-0.2, 0) is 0 Å². The molecule has 36 heavy (non-hydrogen) atoms. The van der Waals surface area contributed by atoms with Gasteiger partial charge < -0.3 is 19.8 Å². The highest BCUT2D eigenvalue weighted by molar-refractivity contribution is 6.30. The van der Waals surface area contributed by atoms with Crippen molar-refractivity contribution in [3.63, 3.8) is 0 Å². The first-order chi connectivity index (χ1) is 17.6. The number of aliphatic hydroxyl groups is 2. The molecule has 8 nitrogen and oxygen atoms in total. The third kappa shape index (κ3) is 7.42. The number of rotatable bonds is 7. The van der Waals surface area contributed by atoms with Crippen molar-refractivity contribution >= 4 is 17.3 Å². The summed E-state index contributed by atoms with van der Waals surface area (Å²) in [6, 6.07) is 22.3. The Kier molecular flexibility index (Phi) is 10.5. The molecule has 3 aromatic rings. The van der Waals surface area contributed by atoms with Crippen LogP contribution in [-0.4, -0.2) is 66.1 Å². The summed E-state index contributed by atoms with van der Waals surface area (Å²) in [6.45, 7) is 2.89. The largest absolute Gasteiger partial charge is 0.491 e. The Labute approximate surface area is 216 Å². The van der Waals surface area contributed by atoms with Crippen molar-refractivity contribution in [2.24, 2.45) is 0 Å². The summed E-state index contributed by atoms with van der Waals surface area (Å²) in [6.07, 6.45) is 1.52. The van der Waals surface area contributed by atoms with Crippen LogP contribution < -0.4 is 9.64 Å². The zero-order valence-corrected chi connectivity index (χ0v) is 20.6. The molecule has 1 saturated heterocycles. The molecule has 2 heterocycles. The first-order valence-electron chi connectivity index (χ1n) is 11.5. The molecule has 1 aliphatic heterocycles. The van der Waals surface area contributed by atoms with E-state index in [1.165, 1.54) is 6.20 Å². The molecule has 0 aliphatic carbocycles. The minimum atomic E-state index is -0.227. The van der Waals surface area contributed by atoms with E-state index < -0.39 is 0 Å². The number of halogens is 1. The fraction of sp³-hybridized carbons (Fsp3) is 0.296. The average molecular weight is 506 g/mol. The van der Waals surface area contributed by atoms with E-state index in [0.29, 0.717) is 43.1 Å². The van der Waals surface area contributed by atoms with Gasteiger partial charge in [-0.25, -0.2) is 0 Å². The Morgan fingerprint density at radius 2 is 1.72 bits per heavy atom. The third-order valence-corrected chi connectivity index (χ3v) is 5.96. The van der Waals surface area contributed by atoms with Gasteiger partial charge in [-0.3, -0.25) is 9.88 Å². The summed E-state index contributed by atoms with van der Waals surface area (Å²) in [5.74, 6) is 0.560. The highest BCUT2D eigenvalue weighted by atomic mass is 35.5. The summed E-state index contributed by atoms with van der Waals surface area (Å²) in [5, 5.41) is 38.0. The monoisotopic (exact) mass is 505 g/mol. The SMILES string of the molecule is Clc1ccccc1.N#Cc1ccc(C(CO)N2CCN(c3ccc(OCCO)cc3C#N)CC2)nc1. The summed E-state index contributed by atoms with van der Waals surface area (Å²) in [5.41, 5.74) is 2.61. The maximum Gasteiger partial charge on any atom is 0.120 e. The van der Waals surface area contributed by atoms with Gasteiger partial charge in [-0.1, -0.05) is 29.8 Å². The van der Waals surface area contributed by atoms with Gasteiger partial charge in [0.1, 0.15) is 24.5 Å². The Morgan fingerprint density at radius 3 is 2.25 bits per heavy atom. The van der Waals surface area contributed by atoms with E-state index in [9.17, 15) is 10.4 Å². The zero-order valence-electron chi connectivity index (χ0n) is 19.8. The van der Waals surface area contributed by atoms with Crippen LogP contribution in [0.3, 0.4) is 0 Å². The molecule has 1 atom stereocenters. The predicted octanol–water partition coefficient (Wildman–Crippen LogP) is 3.39. The lowest BCUT2D eigenvalue weighted by molar-refractivity contribution is 0.114. The van der Waals surface area contributed by atoms with Crippen molar-refractivity contribution < 1.29 is 14.9 Å². The van der Waals surface area contributed by atoms with Crippen molar-refractivity contribution in [1.29, 1.82) is 10.5 Å². The van der Waals surface area contributed by atoms with Crippen molar-refractivity contribution in [1.82, 2.24) is 9.88 Å². The standard InChI is InChI=1S/C21H23N5O3.C6H5Cl/c22-12-16-1-3-19(24-14-16)21(15-28)26-7-5-25(6-8-26)20-4-2-18(29-10-9-27)11-17(20)13-23;7-6-4-2-1-3-5-6/h1-4,11,14,21,27-28H,5-10,15H2;1-5H. The van der Waals surface area contributed by atoms with E-state index in [4.69, 9.17) is 26.7 Å². The predicted molar refractivity (Wildman–Crippen MR) is 138 cm³/mol. The molecule has 1 unspecified atom stereocenters. The van der Waals surface area contributed by atoms with Crippen molar-refractivity contribution in [2.75, 3.05) is 50.9 Å². The maximum atomic E-state index is 9.89. The van der Waals surface area contributed by atoms with Crippen molar-refractivity contribution in [3.05, 3.63) is 88.7 Å². The number of aromatic nitrogens is 1. The van der Waals surface area contributed by atoms with Crippen molar-refractivity contribution in [2.45, 2.75) is 6.04 Å². The minimum Gasteiger partial charge on any atom is -0.491 e. The van der Waals surface area contributed by atoms with Crippen LogP contribution in [0, 0.1) is 22.7 Å². The van der Waals surface area contributed by atoms with Crippen LogP contribution in [0.15, 0.2) is 66.9 Å². The fourth-order valence-corrected chi connectivity index (χ4v) is 4.03. The Hall–Kier alpha value is -3.66. The number of hydrogen-bond donors (Lipinski definition) is 2. The van der Waals surface area contributed by atoms with Crippen LogP contribution in [0.2, 0.25) is 5.02 Å². The Balaban J connectivity index is 0.000000444. The van der Waals surface area contributed by atoms with Gasteiger partial charge in [0.15, 0.2) is 0 Å². The smallest absolute Gasteiger partial charge is 0.120 e. The molecular formula is C27H28ClN5O3. The van der Waals surface area contributed by atoms with Gasteiger partial charge in [0.05, 0.1) is 41.8 Å². The molecule has 9 heteroatoms. The molecule has 186 valence electrons. The number of nitrogens with zero attached hydrogens (tertiary/aromatic N) is 5. The highest BCUT2D eigenvalue weighted by Gasteiger charge is 2.26. The van der Waals surface area contributed by atoms with E-state index in [1.807, 2.05) is 42.5 Å². The van der Waals surface area contributed by atoms with Gasteiger partial charge in [-0.2, -0.15) is 10.5 Å². The summed E-state index contributed by atoms with van der Waals surface area (Å²) < 4.78 is 5.39. The number of aliphatic hydroxyl groups excluding tert-OH is 2. The van der Waals surface area contributed by atoms with Gasteiger partial charge >= 0.3 is 0 Å². The van der Waals surface area contributed by atoms with Gasteiger partial charge in [-0.05, 0) is 42.5 Å². The van der Waals surface area contributed by atoms with Crippen LogP contribution in [0.4, 0.5) is 5.69 Å². The van der Waals surface area contributed by atoms with E-state index >= 15 is 0 Å². The number of pyridine rings is 1. The molecule has 0 bridgehead atoms. The summed E-state index contributed by atoms with van der Waals surface area (Å²) >= 11 is 5.54. The molecule has 2 N–H and O–H groups in total. The van der Waals surface area contributed by atoms with Crippen LogP contribution >= 0.6 is 11.6 Å². The van der Waals surface area contributed by atoms with Gasteiger partial charge in [0.25, 0.3) is 0 Å². The second kappa shape index (κ2) is 14.0. The number of nitriles is 2. The normalized spacial score (nSPS) is 14.1. The maximum absolute atomic E-state index is 9.89. The topological polar surface area (TPSA) is 117 Å². The molecule has 0 radical (unpaired) electrons. The molecule has 4 rings (SSSR count). The molecule has 2 aromatic carbocycles. The Bertz CT molecular complexity index is 1170. The van der Waals surface area contributed by atoms with E-state index in [1.54, 1.807) is 24.3 Å². The second-order valence-corrected chi connectivity index (χ2v) is 8.40. The summed E-state index contributed by atoms with van der Waals surface area (Å²) in [7, 11) is 0. The average Bonchev–Trinajstić information content (AvgIpc) is 2.94. The molecule has 0 amide bonds. The molecule has 1 fully saturated rings. The molecule has 1 aliphatic rings. The van der Waals surface area contributed by atoms with E-state index in [-0.39, 0.29) is 25.9 Å². The van der Waals surface area contributed by atoms with Gasteiger partial charge in [-0.15, -0.1) is 0 Å². The van der Waals surface area contributed by atoms with Crippen molar-refractivity contribution in [3.8, 4) is 17.9 Å². The molecular weight excluding hydrogens is 478 g/mol. The number of ether oxygens (including phenoxy) is 1. The number of benzene rings is 2. The first kappa shape index (κ1) is 26.9. The lowest BCUT2D eigenvalue weighted by Crippen LogP contribution is -2.48. The van der Waals surface area contributed by atoms with Crippen LogP contribution in [0.1, 0.15) is 22.9 Å². The summed E-state index contributed by atoms with van der Waals surface area (Å²) in [4.78, 5) is 8.63. The van der Waals surface area contributed by atoms with E-state index in [0.717, 1.165) is 16.4 Å². The molecule has 0 saturated carbocycles. The van der Waals surface area contributed by atoms with Crippen LogP contribution in [0.25, 0.3) is 0 Å². The lowest BCUT2D eigenvalue weighted by Gasteiger charge is -2.39. The third-order valence-electron chi connectivity index (χ3n) is 5.71. The Morgan fingerprint density at radius 1 is 0.972 bits per heavy atom. The molecule has 0 spiro atoms.